The number of rotatable bonds is 5. The van der Waals surface area contributed by atoms with Crippen molar-refractivity contribution in [3.05, 3.63) is 231 Å². The van der Waals surface area contributed by atoms with E-state index < -0.39 is 0 Å². The van der Waals surface area contributed by atoms with Crippen molar-refractivity contribution in [2.45, 2.75) is 0 Å². The molecule has 0 aliphatic heterocycles. The second-order valence-electron chi connectivity index (χ2n) is 16.7. The standard InChI is InChI=1S/C62H38/c1-2-14-40(15-3-1)60-54-21-6-8-23-56(54)61(57-24-9-7-22-55(57)60)48-37-46(36-47(38-48)50-25-12-26-52-49-20-5-4-13-39(49)29-33-53(50)52)44-18-11-19-45(35-44)51-32-30-43-28-27-41-16-10-17-42-31-34-58(51)62(43)59(41)42/h1-38H. The molecule has 0 atom stereocenters. The molecular formula is C62H38. The van der Waals surface area contributed by atoms with Gasteiger partial charge in [-0.15, -0.1) is 0 Å². The van der Waals surface area contributed by atoms with E-state index in [1.165, 1.54) is 131 Å². The summed E-state index contributed by atoms with van der Waals surface area (Å²) in [6.45, 7) is 0. The summed E-state index contributed by atoms with van der Waals surface area (Å²) in [5.74, 6) is 0. The lowest BCUT2D eigenvalue weighted by Crippen LogP contribution is -1.93. The lowest BCUT2D eigenvalue weighted by Gasteiger charge is -2.20. The van der Waals surface area contributed by atoms with Crippen LogP contribution < -0.4 is 0 Å². The molecule has 0 saturated carbocycles. The molecule has 0 radical (unpaired) electrons. The fraction of sp³-hybridized carbons (Fsp3) is 0. The van der Waals surface area contributed by atoms with Crippen molar-refractivity contribution in [2.24, 2.45) is 0 Å². The van der Waals surface area contributed by atoms with Crippen molar-refractivity contribution in [3.63, 3.8) is 0 Å². The Kier molecular flexibility index (Phi) is 7.71. The Morgan fingerprint density at radius 1 is 0.177 bits per heavy atom. The second-order valence-corrected chi connectivity index (χ2v) is 16.7. The molecule has 13 aromatic rings. The summed E-state index contributed by atoms with van der Waals surface area (Å²) >= 11 is 0. The van der Waals surface area contributed by atoms with Gasteiger partial charge in [0.2, 0.25) is 0 Å². The Labute approximate surface area is 359 Å². The molecule has 0 aliphatic rings. The zero-order chi connectivity index (χ0) is 40.7. The van der Waals surface area contributed by atoms with Gasteiger partial charge >= 0.3 is 0 Å². The van der Waals surface area contributed by atoms with Crippen LogP contribution in [0, 0.1) is 0 Å². The molecule has 0 aromatic heterocycles. The first-order valence-corrected chi connectivity index (χ1v) is 21.6. The highest BCUT2D eigenvalue weighted by Gasteiger charge is 2.19. The van der Waals surface area contributed by atoms with E-state index >= 15 is 0 Å². The zero-order valence-electron chi connectivity index (χ0n) is 33.9. The molecule has 13 aromatic carbocycles. The Balaban J connectivity index is 1.08. The third-order valence-electron chi connectivity index (χ3n) is 13.3. The molecule has 0 N–H and O–H groups in total. The van der Waals surface area contributed by atoms with Crippen LogP contribution >= 0.6 is 0 Å². The Bertz CT molecular complexity index is 3840. The van der Waals surface area contributed by atoms with E-state index in [0.29, 0.717) is 0 Å². The van der Waals surface area contributed by atoms with Crippen LogP contribution in [-0.2, 0) is 0 Å². The van der Waals surface area contributed by atoms with Crippen LogP contribution in [-0.4, -0.2) is 0 Å². The molecule has 0 aliphatic carbocycles. The summed E-state index contributed by atoms with van der Waals surface area (Å²) in [6, 6.07) is 85.9. The van der Waals surface area contributed by atoms with Crippen molar-refractivity contribution in [1.29, 1.82) is 0 Å². The maximum absolute atomic E-state index is 2.44. The quantitative estimate of drug-likeness (QED) is 0.120. The third-order valence-corrected chi connectivity index (χ3v) is 13.3. The van der Waals surface area contributed by atoms with Crippen LogP contribution in [0.4, 0.5) is 0 Å². The fourth-order valence-corrected chi connectivity index (χ4v) is 10.6. The normalized spacial score (nSPS) is 11.9. The van der Waals surface area contributed by atoms with Gasteiger partial charge in [0.05, 0.1) is 0 Å². The SMILES string of the molecule is c1ccc(-c2c3ccccc3c(-c3cc(-c4cccc(-c5ccc6ccc7cccc8ccc5c6c78)c4)cc(-c4cccc5c4ccc4ccccc45)c3)c3ccccc23)cc1. The van der Waals surface area contributed by atoms with Gasteiger partial charge in [0.15, 0.2) is 0 Å². The summed E-state index contributed by atoms with van der Waals surface area (Å²) in [6.07, 6.45) is 0. The van der Waals surface area contributed by atoms with E-state index in [-0.39, 0.29) is 0 Å². The molecule has 0 amide bonds. The van der Waals surface area contributed by atoms with E-state index in [9.17, 15) is 0 Å². The summed E-state index contributed by atoms with van der Waals surface area (Å²) in [5.41, 5.74) is 12.2. The van der Waals surface area contributed by atoms with Crippen LogP contribution in [0.3, 0.4) is 0 Å². The summed E-state index contributed by atoms with van der Waals surface area (Å²) < 4.78 is 0. The van der Waals surface area contributed by atoms with Crippen LogP contribution in [0.2, 0.25) is 0 Å². The molecule has 0 bridgehead atoms. The van der Waals surface area contributed by atoms with Gasteiger partial charge in [-0.1, -0.05) is 206 Å². The van der Waals surface area contributed by atoms with Gasteiger partial charge in [0.1, 0.15) is 0 Å². The van der Waals surface area contributed by atoms with Crippen LogP contribution in [0.5, 0.6) is 0 Å². The molecule has 286 valence electrons. The van der Waals surface area contributed by atoms with E-state index in [4.69, 9.17) is 0 Å². The van der Waals surface area contributed by atoms with Gasteiger partial charge in [-0.05, 0) is 155 Å². The lowest BCUT2D eigenvalue weighted by atomic mass is 9.84. The van der Waals surface area contributed by atoms with Crippen molar-refractivity contribution in [1.82, 2.24) is 0 Å². The molecular weight excluding hydrogens is 745 g/mol. The van der Waals surface area contributed by atoms with Gasteiger partial charge in [-0.3, -0.25) is 0 Å². The maximum atomic E-state index is 2.44. The predicted octanol–water partition coefficient (Wildman–Crippen LogP) is 17.5. The van der Waals surface area contributed by atoms with Crippen molar-refractivity contribution < 1.29 is 0 Å². The van der Waals surface area contributed by atoms with Gasteiger partial charge in [-0.25, -0.2) is 0 Å². The third kappa shape index (κ3) is 5.34. The second kappa shape index (κ2) is 13.7. The van der Waals surface area contributed by atoms with Crippen LogP contribution in [0.1, 0.15) is 0 Å². The van der Waals surface area contributed by atoms with Gasteiger partial charge in [-0.2, -0.15) is 0 Å². The molecule has 0 heterocycles. The number of benzene rings is 13. The zero-order valence-corrected chi connectivity index (χ0v) is 33.9. The Hall–Kier alpha value is -8.06. The number of hydrogen-bond acceptors (Lipinski definition) is 0. The molecule has 0 spiro atoms. The number of fused-ring (bicyclic) bond motifs is 5. The lowest BCUT2D eigenvalue weighted by molar-refractivity contribution is 1.59. The number of hydrogen-bond donors (Lipinski definition) is 0. The average molecular weight is 783 g/mol. The Morgan fingerprint density at radius 2 is 0.629 bits per heavy atom. The molecule has 62 heavy (non-hydrogen) atoms. The van der Waals surface area contributed by atoms with Crippen LogP contribution in [0.15, 0.2) is 231 Å². The first-order valence-electron chi connectivity index (χ1n) is 21.6. The highest BCUT2D eigenvalue weighted by atomic mass is 14.2. The van der Waals surface area contributed by atoms with Crippen molar-refractivity contribution in [3.8, 4) is 55.6 Å². The average Bonchev–Trinajstić information content (AvgIpc) is 3.34. The van der Waals surface area contributed by atoms with Gasteiger partial charge in [0, 0.05) is 0 Å². The van der Waals surface area contributed by atoms with E-state index in [2.05, 4.69) is 231 Å². The van der Waals surface area contributed by atoms with E-state index in [1.54, 1.807) is 0 Å². The van der Waals surface area contributed by atoms with Crippen molar-refractivity contribution in [2.75, 3.05) is 0 Å². The topological polar surface area (TPSA) is 0 Å². The van der Waals surface area contributed by atoms with E-state index in [0.717, 1.165) is 0 Å². The smallest absolute Gasteiger partial charge is 0.00206 e. The molecule has 0 unspecified atom stereocenters. The fourth-order valence-electron chi connectivity index (χ4n) is 10.6. The molecule has 0 fully saturated rings. The maximum Gasteiger partial charge on any atom is -0.00206 e. The predicted molar refractivity (Wildman–Crippen MR) is 267 cm³/mol. The first kappa shape index (κ1) is 34.8. The highest BCUT2D eigenvalue weighted by molar-refractivity contribution is 6.26. The minimum absolute atomic E-state index is 1.19. The summed E-state index contributed by atoms with van der Waals surface area (Å²) in [7, 11) is 0. The molecule has 0 heteroatoms. The van der Waals surface area contributed by atoms with E-state index in [1.807, 2.05) is 0 Å². The van der Waals surface area contributed by atoms with Gasteiger partial charge in [0.25, 0.3) is 0 Å². The van der Waals surface area contributed by atoms with Crippen LogP contribution in [0.25, 0.3) is 131 Å². The molecule has 13 rings (SSSR count). The first-order chi connectivity index (χ1) is 30.7. The minimum atomic E-state index is 1.19. The summed E-state index contributed by atoms with van der Waals surface area (Å²) in [5, 5.41) is 17.9. The highest BCUT2D eigenvalue weighted by Crippen LogP contribution is 2.47. The molecule has 0 nitrogen and oxygen atoms in total. The largest absolute Gasteiger partial charge is 0.0622 e. The molecule has 0 saturated heterocycles. The minimum Gasteiger partial charge on any atom is -0.0622 e. The monoisotopic (exact) mass is 782 g/mol. The Morgan fingerprint density at radius 3 is 1.39 bits per heavy atom. The van der Waals surface area contributed by atoms with Gasteiger partial charge < -0.3 is 0 Å². The van der Waals surface area contributed by atoms with Crippen molar-refractivity contribution >= 4 is 75.4 Å². The summed E-state index contributed by atoms with van der Waals surface area (Å²) in [4.78, 5) is 0.